The summed E-state index contributed by atoms with van der Waals surface area (Å²) in [6.45, 7) is 0. The van der Waals surface area contributed by atoms with E-state index in [-0.39, 0.29) is 0 Å². The molecule has 3 aromatic rings. The van der Waals surface area contributed by atoms with Gasteiger partial charge in [-0.3, -0.25) is 9.97 Å². The Bertz CT molecular complexity index is 640. The molecule has 0 aliphatic heterocycles. The van der Waals surface area contributed by atoms with Crippen molar-refractivity contribution in [2.24, 2.45) is 0 Å². The van der Waals surface area contributed by atoms with Gasteiger partial charge in [0, 0.05) is 11.1 Å². The van der Waals surface area contributed by atoms with Gasteiger partial charge in [-0.2, -0.15) is 0 Å². The number of hydrogen-bond donors (Lipinski definition) is 0. The van der Waals surface area contributed by atoms with Crippen LogP contribution < -0.4 is 10.9 Å². The van der Waals surface area contributed by atoms with Gasteiger partial charge in [-0.25, -0.2) is 0 Å². The summed E-state index contributed by atoms with van der Waals surface area (Å²) in [5, 5.41) is 0. The normalized spacial score (nSPS) is 10.4. The molecule has 94 valence electrons. The van der Waals surface area contributed by atoms with Crippen LogP contribution in [0.5, 0.6) is 0 Å². The average Bonchev–Trinajstić information content (AvgIpc) is 2.49. The average molecular weight is 256 g/mol. The van der Waals surface area contributed by atoms with Crippen LogP contribution in [-0.2, 0) is 0 Å². The first kappa shape index (κ1) is 12.7. The molecule has 0 fully saturated rings. The minimum atomic E-state index is 0.904. The summed E-state index contributed by atoms with van der Waals surface area (Å²) in [7, 11) is 4.16. The van der Waals surface area contributed by atoms with Crippen molar-refractivity contribution in [2.75, 3.05) is 0 Å². The zero-order chi connectivity index (χ0) is 13.9. The maximum Gasteiger partial charge on any atom is 0.139 e. The summed E-state index contributed by atoms with van der Waals surface area (Å²) in [5.41, 5.74) is 6.50. The van der Waals surface area contributed by atoms with Crippen molar-refractivity contribution in [3.05, 3.63) is 60.9 Å². The molecule has 3 rings (SSSR count). The van der Waals surface area contributed by atoms with Gasteiger partial charge in [0.25, 0.3) is 0 Å². The van der Waals surface area contributed by atoms with Crippen molar-refractivity contribution in [1.29, 1.82) is 0 Å². The van der Waals surface area contributed by atoms with Gasteiger partial charge in [0.15, 0.2) is 0 Å². The lowest BCUT2D eigenvalue weighted by atomic mass is 9.94. The second kappa shape index (κ2) is 5.33. The highest BCUT2D eigenvalue weighted by Crippen LogP contribution is 2.18. The smallest absolute Gasteiger partial charge is 0.139 e. The highest BCUT2D eigenvalue weighted by atomic mass is 14.8. The predicted octanol–water partition coefficient (Wildman–Crippen LogP) is 0.327. The Labute approximate surface area is 120 Å². The minimum absolute atomic E-state index is 0.904. The van der Waals surface area contributed by atoms with E-state index in [9.17, 15) is 0 Å². The van der Waals surface area contributed by atoms with Crippen molar-refractivity contribution in [1.82, 2.24) is 9.97 Å². The summed E-state index contributed by atoms with van der Waals surface area (Å²) < 4.78 is 0. The molecule has 20 heavy (non-hydrogen) atoms. The maximum absolute atomic E-state index is 4.51. The summed E-state index contributed by atoms with van der Waals surface area (Å²) in [4.78, 5) is 9.03. The second-order valence-corrected chi connectivity index (χ2v) is 5.02. The molecular formula is C16H14B2N2. The van der Waals surface area contributed by atoms with Gasteiger partial charge in [-0.05, 0) is 0 Å². The van der Waals surface area contributed by atoms with Gasteiger partial charge in [0.1, 0.15) is 15.7 Å². The van der Waals surface area contributed by atoms with Gasteiger partial charge in [-0.15, -0.1) is 0 Å². The van der Waals surface area contributed by atoms with Gasteiger partial charge in [0.05, 0.1) is 23.8 Å². The number of benzene rings is 2. The molecule has 0 saturated heterocycles. The van der Waals surface area contributed by atoms with E-state index in [2.05, 4.69) is 74.2 Å². The molecule has 0 unspecified atom stereocenters. The van der Waals surface area contributed by atoms with Crippen molar-refractivity contribution in [2.45, 2.75) is 0 Å². The summed E-state index contributed by atoms with van der Waals surface area (Å²) >= 11 is 0. The highest BCUT2D eigenvalue weighted by molar-refractivity contribution is 6.32. The van der Waals surface area contributed by atoms with Crippen molar-refractivity contribution < 1.29 is 0 Å². The van der Waals surface area contributed by atoms with E-state index in [1.54, 1.807) is 0 Å². The van der Waals surface area contributed by atoms with Crippen LogP contribution in [0.2, 0.25) is 0 Å². The van der Waals surface area contributed by atoms with Crippen LogP contribution in [0.4, 0.5) is 0 Å². The first-order valence-corrected chi connectivity index (χ1v) is 6.68. The van der Waals surface area contributed by atoms with E-state index in [1.165, 1.54) is 10.9 Å². The van der Waals surface area contributed by atoms with Crippen LogP contribution in [0.25, 0.3) is 22.5 Å². The fourth-order valence-electron chi connectivity index (χ4n) is 2.07. The molecule has 1 aromatic heterocycles. The van der Waals surface area contributed by atoms with Crippen molar-refractivity contribution in [3.63, 3.8) is 0 Å². The predicted molar refractivity (Wildman–Crippen MR) is 89.3 cm³/mol. The van der Waals surface area contributed by atoms with E-state index in [1.807, 2.05) is 12.4 Å². The lowest BCUT2D eigenvalue weighted by molar-refractivity contribution is 1.21. The standard InChI is InChI=1S/C16H14B2N2/c17-13-5-1-11(2-6-13)15-9-20-16(10-19-15)12-3-7-14(18)8-4-12/h1-10H,17-18H2. The SMILES string of the molecule is Bc1ccc(-c2cnc(-c3ccc(B)cc3)cn2)cc1. The molecule has 0 bridgehead atoms. The Morgan fingerprint density at radius 1 is 0.550 bits per heavy atom. The molecule has 1 heterocycles. The van der Waals surface area contributed by atoms with Crippen LogP contribution in [0.15, 0.2) is 60.9 Å². The Morgan fingerprint density at radius 2 is 0.900 bits per heavy atom. The summed E-state index contributed by atoms with van der Waals surface area (Å²) in [6.07, 6.45) is 3.67. The van der Waals surface area contributed by atoms with E-state index >= 15 is 0 Å². The molecule has 0 N–H and O–H groups in total. The third-order valence-electron chi connectivity index (χ3n) is 3.35. The van der Waals surface area contributed by atoms with Crippen molar-refractivity contribution >= 4 is 26.6 Å². The van der Waals surface area contributed by atoms with E-state index in [0.717, 1.165) is 22.5 Å². The van der Waals surface area contributed by atoms with E-state index in [0.29, 0.717) is 0 Å². The fraction of sp³-hybridized carbons (Fsp3) is 0. The first-order chi connectivity index (χ1) is 9.72. The Kier molecular flexibility index (Phi) is 3.38. The molecule has 4 heteroatoms. The van der Waals surface area contributed by atoms with Gasteiger partial charge < -0.3 is 0 Å². The van der Waals surface area contributed by atoms with Crippen LogP contribution >= 0.6 is 0 Å². The van der Waals surface area contributed by atoms with Crippen molar-refractivity contribution in [3.8, 4) is 22.5 Å². The van der Waals surface area contributed by atoms with Crippen LogP contribution in [-0.4, -0.2) is 25.7 Å². The van der Waals surface area contributed by atoms with Crippen LogP contribution in [0.1, 0.15) is 0 Å². The lowest BCUT2D eigenvalue weighted by Gasteiger charge is -2.04. The third-order valence-corrected chi connectivity index (χ3v) is 3.35. The van der Waals surface area contributed by atoms with Gasteiger partial charge in [0.2, 0.25) is 0 Å². The Morgan fingerprint density at radius 3 is 1.20 bits per heavy atom. The Hall–Kier alpha value is -2.35. The minimum Gasteiger partial charge on any atom is -0.252 e. The van der Waals surface area contributed by atoms with Crippen LogP contribution in [0, 0.1) is 0 Å². The molecule has 0 saturated carbocycles. The van der Waals surface area contributed by atoms with Gasteiger partial charge in [-0.1, -0.05) is 59.5 Å². The van der Waals surface area contributed by atoms with Gasteiger partial charge >= 0.3 is 0 Å². The molecule has 0 aliphatic carbocycles. The largest absolute Gasteiger partial charge is 0.252 e. The number of nitrogens with zero attached hydrogens (tertiary/aromatic N) is 2. The molecule has 2 aromatic carbocycles. The highest BCUT2D eigenvalue weighted by Gasteiger charge is 2.02. The van der Waals surface area contributed by atoms with E-state index in [4.69, 9.17) is 0 Å². The Balaban J connectivity index is 1.91. The second-order valence-electron chi connectivity index (χ2n) is 5.02. The summed E-state index contributed by atoms with van der Waals surface area (Å²) in [5.74, 6) is 0. The molecule has 2 nitrogen and oxygen atoms in total. The molecule has 0 radical (unpaired) electrons. The molecule has 0 aliphatic rings. The topological polar surface area (TPSA) is 25.8 Å². The zero-order valence-corrected chi connectivity index (χ0v) is 11.7. The molecule has 0 amide bonds. The number of hydrogen-bond acceptors (Lipinski definition) is 2. The number of aromatic nitrogens is 2. The monoisotopic (exact) mass is 256 g/mol. The van der Waals surface area contributed by atoms with E-state index < -0.39 is 0 Å². The molecule has 0 spiro atoms. The number of rotatable bonds is 2. The zero-order valence-electron chi connectivity index (χ0n) is 11.7. The first-order valence-electron chi connectivity index (χ1n) is 6.68. The summed E-state index contributed by atoms with van der Waals surface area (Å²) in [6, 6.07) is 16.6. The van der Waals surface area contributed by atoms with Crippen LogP contribution in [0.3, 0.4) is 0 Å². The third kappa shape index (κ3) is 2.64. The quantitative estimate of drug-likeness (QED) is 0.617. The maximum atomic E-state index is 4.51. The lowest BCUT2D eigenvalue weighted by Crippen LogP contribution is -2.00. The fourth-order valence-corrected chi connectivity index (χ4v) is 2.07. The molecule has 0 atom stereocenters. The molecular weight excluding hydrogens is 242 g/mol.